The van der Waals surface area contributed by atoms with Crippen LogP contribution in [0.15, 0.2) is 42.5 Å². The summed E-state index contributed by atoms with van der Waals surface area (Å²) in [4.78, 5) is 12.9. The standard InChI is InChI=1S/C20H24N2O4S/c1-13-14(9-7-10-16(13)22-27(4,24)25)19(23)21-17-12-20(2,3)26-18-11-6-5-8-15(17)18/h5-11,17,22H,12H2,1-4H3,(H,21,23)/t17-/m0/s1. The van der Waals surface area contributed by atoms with Gasteiger partial charge in [-0.25, -0.2) is 8.42 Å². The van der Waals surface area contributed by atoms with Crippen LogP contribution in [0.4, 0.5) is 5.69 Å². The zero-order valence-corrected chi connectivity index (χ0v) is 16.7. The van der Waals surface area contributed by atoms with Crippen molar-refractivity contribution in [3.05, 3.63) is 59.2 Å². The van der Waals surface area contributed by atoms with Crippen molar-refractivity contribution in [2.45, 2.75) is 38.8 Å². The molecule has 1 amide bonds. The van der Waals surface area contributed by atoms with E-state index in [0.717, 1.165) is 17.6 Å². The number of ether oxygens (including phenoxy) is 1. The molecule has 1 heterocycles. The lowest BCUT2D eigenvalue weighted by Crippen LogP contribution is -2.41. The summed E-state index contributed by atoms with van der Waals surface area (Å²) in [5.41, 5.74) is 1.96. The number of amides is 1. The fraction of sp³-hybridized carbons (Fsp3) is 0.350. The summed E-state index contributed by atoms with van der Waals surface area (Å²) in [6, 6.07) is 12.5. The van der Waals surface area contributed by atoms with Gasteiger partial charge in [-0.05, 0) is 44.5 Å². The van der Waals surface area contributed by atoms with Crippen molar-refractivity contribution in [2.24, 2.45) is 0 Å². The van der Waals surface area contributed by atoms with Gasteiger partial charge in [0, 0.05) is 17.5 Å². The van der Waals surface area contributed by atoms with Gasteiger partial charge in [-0.2, -0.15) is 0 Å². The molecule has 6 nitrogen and oxygen atoms in total. The highest BCUT2D eigenvalue weighted by Crippen LogP contribution is 2.39. The first-order valence-electron chi connectivity index (χ1n) is 8.72. The number of sulfonamides is 1. The average Bonchev–Trinajstić information content (AvgIpc) is 2.54. The minimum absolute atomic E-state index is 0.191. The Hall–Kier alpha value is -2.54. The molecule has 0 unspecified atom stereocenters. The third-order valence-electron chi connectivity index (χ3n) is 4.56. The van der Waals surface area contributed by atoms with Crippen LogP contribution >= 0.6 is 0 Å². The van der Waals surface area contributed by atoms with Crippen LogP contribution in [0.5, 0.6) is 5.75 Å². The topological polar surface area (TPSA) is 84.5 Å². The normalized spacial score (nSPS) is 18.1. The Morgan fingerprint density at radius 1 is 1.15 bits per heavy atom. The Labute approximate surface area is 160 Å². The van der Waals surface area contributed by atoms with Gasteiger partial charge in [0.15, 0.2) is 0 Å². The smallest absolute Gasteiger partial charge is 0.252 e. The molecule has 1 aliphatic heterocycles. The Kier molecular flexibility index (Phi) is 4.90. The van der Waals surface area contributed by atoms with Crippen molar-refractivity contribution in [1.29, 1.82) is 0 Å². The van der Waals surface area contributed by atoms with E-state index in [1.807, 2.05) is 38.1 Å². The Bertz CT molecular complexity index is 983. The van der Waals surface area contributed by atoms with Gasteiger partial charge < -0.3 is 10.1 Å². The predicted molar refractivity (Wildman–Crippen MR) is 106 cm³/mol. The number of carbonyl (C=O) groups excluding carboxylic acids is 1. The van der Waals surface area contributed by atoms with E-state index in [1.165, 1.54) is 0 Å². The molecule has 2 aromatic carbocycles. The number of hydrogen-bond acceptors (Lipinski definition) is 4. The van der Waals surface area contributed by atoms with Crippen molar-refractivity contribution in [3.63, 3.8) is 0 Å². The lowest BCUT2D eigenvalue weighted by molar-refractivity contribution is 0.0619. The van der Waals surface area contributed by atoms with Gasteiger partial charge in [0.25, 0.3) is 5.91 Å². The summed E-state index contributed by atoms with van der Waals surface area (Å²) < 4.78 is 31.5. The number of fused-ring (bicyclic) bond motifs is 1. The van der Waals surface area contributed by atoms with Crippen LogP contribution in [0.1, 0.15) is 47.8 Å². The Morgan fingerprint density at radius 3 is 2.56 bits per heavy atom. The van der Waals surface area contributed by atoms with Gasteiger partial charge in [0.1, 0.15) is 11.4 Å². The molecule has 0 saturated carbocycles. The molecule has 1 aliphatic rings. The van der Waals surface area contributed by atoms with E-state index in [2.05, 4.69) is 10.0 Å². The maximum Gasteiger partial charge on any atom is 0.252 e. The van der Waals surface area contributed by atoms with E-state index < -0.39 is 15.6 Å². The molecule has 0 aromatic heterocycles. The lowest BCUT2D eigenvalue weighted by Gasteiger charge is -2.38. The summed E-state index contributed by atoms with van der Waals surface area (Å²) in [5.74, 6) is 0.519. The van der Waals surface area contributed by atoms with Crippen molar-refractivity contribution in [1.82, 2.24) is 5.32 Å². The SMILES string of the molecule is Cc1c(NS(C)(=O)=O)cccc1C(=O)N[C@H]1CC(C)(C)Oc2ccccc21. The highest BCUT2D eigenvalue weighted by Gasteiger charge is 2.34. The maximum absolute atomic E-state index is 12.9. The monoisotopic (exact) mass is 388 g/mol. The molecule has 0 bridgehead atoms. The first-order chi connectivity index (χ1) is 12.6. The number of para-hydroxylation sites is 1. The summed E-state index contributed by atoms with van der Waals surface area (Å²) in [6.07, 6.45) is 1.72. The number of anilines is 1. The molecule has 3 rings (SSSR count). The summed E-state index contributed by atoms with van der Waals surface area (Å²) >= 11 is 0. The second kappa shape index (κ2) is 6.88. The third kappa shape index (κ3) is 4.42. The Morgan fingerprint density at radius 2 is 1.85 bits per heavy atom. The minimum Gasteiger partial charge on any atom is -0.487 e. The van der Waals surface area contributed by atoms with Crippen LogP contribution in [0.2, 0.25) is 0 Å². The first-order valence-corrected chi connectivity index (χ1v) is 10.6. The molecule has 0 radical (unpaired) electrons. The van der Waals surface area contributed by atoms with Crippen LogP contribution in [-0.2, 0) is 10.0 Å². The molecule has 2 aromatic rings. The van der Waals surface area contributed by atoms with E-state index in [-0.39, 0.29) is 11.9 Å². The molecule has 0 spiro atoms. The van der Waals surface area contributed by atoms with Crippen LogP contribution < -0.4 is 14.8 Å². The van der Waals surface area contributed by atoms with Crippen LogP contribution in [0.3, 0.4) is 0 Å². The molecule has 7 heteroatoms. The predicted octanol–water partition coefficient (Wildman–Crippen LogP) is 3.40. The fourth-order valence-corrected chi connectivity index (χ4v) is 3.98. The molecule has 0 fully saturated rings. The average molecular weight is 388 g/mol. The van der Waals surface area contributed by atoms with Gasteiger partial charge in [0.2, 0.25) is 10.0 Å². The van der Waals surface area contributed by atoms with Crippen molar-refractivity contribution >= 4 is 21.6 Å². The minimum atomic E-state index is -3.42. The third-order valence-corrected chi connectivity index (χ3v) is 5.15. The van der Waals surface area contributed by atoms with Crippen LogP contribution in [0.25, 0.3) is 0 Å². The van der Waals surface area contributed by atoms with Gasteiger partial charge in [-0.15, -0.1) is 0 Å². The quantitative estimate of drug-likeness (QED) is 0.841. The molecule has 0 saturated heterocycles. The fourth-order valence-electron chi connectivity index (χ4n) is 3.36. The van der Waals surface area contributed by atoms with Crippen molar-refractivity contribution in [2.75, 3.05) is 11.0 Å². The number of nitrogens with one attached hydrogen (secondary N) is 2. The van der Waals surface area contributed by atoms with Crippen molar-refractivity contribution < 1.29 is 17.9 Å². The first kappa shape index (κ1) is 19.2. The summed E-state index contributed by atoms with van der Waals surface area (Å²) in [6.45, 7) is 5.71. The van der Waals surface area contributed by atoms with Gasteiger partial charge >= 0.3 is 0 Å². The number of benzene rings is 2. The van der Waals surface area contributed by atoms with Gasteiger partial charge in [-0.1, -0.05) is 24.3 Å². The second-order valence-corrected chi connectivity index (χ2v) is 9.23. The largest absolute Gasteiger partial charge is 0.487 e. The number of carbonyl (C=O) groups is 1. The number of rotatable bonds is 4. The maximum atomic E-state index is 12.9. The van der Waals surface area contributed by atoms with Gasteiger partial charge in [-0.3, -0.25) is 9.52 Å². The van der Waals surface area contributed by atoms with Crippen LogP contribution in [-0.4, -0.2) is 26.2 Å². The van der Waals surface area contributed by atoms with Crippen LogP contribution in [0, 0.1) is 6.92 Å². The van der Waals surface area contributed by atoms with Gasteiger partial charge in [0.05, 0.1) is 18.0 Å². The van der Waals surface area contributed by atoms with Crippen molar-refractivity contribution in [3.8, 4) is 5.75 Å². The molecule has 144 valence electrons. The molecule has 1 atom stereocenters. The summed E-state index contributed by atoms with van der Waals surface area (Å²) in [5, 5.41) is 3.08. The van der Waals surface area contributed by atoms with E-state index in [1.54, 1.807) is 25.1 Å². The van der Waals surface area contributed by atoms with E-state index in [4.69, 9.17) is 4.74 Å². The molecule has 2 N–H and O–H groups in total. The zero-order chi connectivity index (χ0) is 19.8. The molecule has 0 aliphatic carbocycles. The highest BCUT2D eigenvalue weighted by molar-refractivity contribution is 7.92. The molecule has 27 heavy (non-hydrogen) atoms. The zero-order valence-electron chi connectivity index (χ0n) is 15.9. The Balaban J connectivity index is 1.89. The summed E-state index contributed by atoms with van der Waals surface area (Å²) in [7, 11) is -3.42. The number of hydrogen-bond donors (Lipinski definition) is 2. The van der Waals surface area contributed by atoms with E-state index >= 15 is 0 Å². The lowest BCUT2D eigenvalue weighted by atomic mass is 9.89. The molecular weight excluding hydrogens is 364 g/mol. The molecular formula is C20H24N2O4S. The van der Waals surface area contributed by atoms with E-state index in [9.17, 15) is 13.2 Å². The highest BCUT2D eigenvalue weighted by atomic mass is 32.2. The van der Waals surface area contributed by atoms with E-state index in [0.29, 0.717) is 23.2 Å². The second-order valence-electron chi connectivity index (χ2n) is 7.48.